The van der Waals surface area contributed by atoms with Crippen LogP contribution in [0.3, 0.4) is 0 Å². The maximum atomic E-state index is 6.06. The van der Waals surface area contributed by atoms with Crippen molar-refractivity contribution in [2.24, 2.45) is 0 Å². The van der Waals surface area contributed by atoms with Gasteiger partial charge in [0, 0.05) is 28.7 Å². The Labute approximate surface area is 244 Å². The van der Waals surface area contributed by atoms with E-state index in [9.17, 15) is 0 Å². The van der Waals surface area contributed by atoms with E-state index in [2.05, 4.69) is 89.6 Å². The highest BCUT2D eigenvalue weighted by molar-refractivity contribution is 7.22. The van der Waals surface area contributed by atoms with Crippen LogP contribution in [0.1, 0.15) is 61.6 Å². The summed E-state index contributed by atoms with van der Waals surface area (Å²) in [6.45, 7) is 5.39. The van der Waals surface area contributed by atoms with Crippen molar-refractivity contribution in [3.8, 4) is 16.2 Å². The third-order valence-electron chi connectivity index (χ3n) is 9.04. The molecule has 0 unspecified atom stereocenters. The summed E-state index contributed by atoms with van der Waals surface area (Å²) >= 11 is 1.93. The fraction of sp³-hybridized carbons (Fsp3) is 0.444. The molecule has 1 aromatic heterocycles. The molecule has 0 spiro atoms. The minimum Gasteiger partial charge on any atom is -0.492 e. The SMILES string of the molecule is CN(CCc1ccc(-c2sc3ccccc3c2Cc2ccc(OCCN3CCCC3)cc2)cc1)C1CCCCC1. The summed E-state index contributed by atoms with van der Waals surface area (Å²) in [6.07, 6.45) is 11.7. The van der Waals surface area contributed by atoms with Crippen LogP contribution in [0.2, 0.25) is 0 Å². The van der Waals surface area contributed by atoms with Crippen LogP contribution in [-0.2, 0) is 12.8 Å². The van der Waals surface area contributed by atoms with Crippen molar-refractivity contribution in [1.82, 2.24) is 9.80 Å². The Morgan fingerprint density at radius 3 is 2.33 bits per heavy atom. The van der Waals surface area contributed by atoms with Crippen molar-refractivity contribution < 1.29 is 4.74 Å². The van der Waals surface area contributed by atoms with Gasteiger partial charge in [-0.15, -0.1) is 11.3 Å². The Kier molecular flexibility index (Phi) is 9.17. The van der Waals surface area contributed by atoms with Gasteiger partial charge in [0.2, 0.25) is 0 Å². The molecule has 1 saturated carbocycles. The highest BCUT2D eigenvalue weighted by Crippen LogP contribution is 2.40. The van der Waals surface area contributed by atoms with Crippen molar-refractivity contribution in [1.29, 1.82) is 0 Å². The monoisotopic (exact) mass is 552 g/mol. The average molecular weight is 553 g/mol. The van der Waals surface area contributed by atoms with Gasteiger partial charge in [-0.3, -0.25) is 4.90 Å². The molecular formula is C36H44N2OS. The molecule has 1 aliphatic carbocycles. The van der Waals surface area contributed by atoms with Gasteiger partial charge in [0.25, 0.3) is 0 Å². The highest BCUT2D eigenvalue weighted by Gasteiger charge is 2.18. The minimum atomic E-state index is 0.769. The molecule has 1 aliphatic heterocycles. The van der Waals surface area contributed by atoms with Gasteiger partial charge in [0.1, 0.15) is 12.4 Å². The smallest absolute Gasteiger partial charge is 0.119 e. The van der Waals surface area contributed by atoms with E-state index in [-0.39, 0.29) is 0 Å². The van der Waals surface area contributed by atoms with Gasteiger partial charge in [0.15, 0.2) is 0 Å². The molecule has 4 aromatic rings. The van der Waals surface area contributed by atoms with Crippen LogP contribution in [0.4, 0.5) is 0 Å². The summed E-state index contributed by atoms with van der Waals surface area (Å²) in [6, 6.07) is 27.8. The van der Waals surface area contributed by atoms with E-state index >= 15 is 0 Å². The molecular weight excluding hydrogens is 508 g/mol. The number of hydrogen-bond acceptors (Lipinski definition) is 4. The molecule has 0 bridgehead atoms. The minimum absolute atomic E-state index is 0.769. The first-order valence-electron chi connectivity index (χ1n) is 15.5. The van der Waals surface area contributed by atoms with Crippen LogP contribution in [0.5, 0.6) is 5.75 Å². The van der Waals surface area contributed by atoms with Gasteiger partial charge >= 0.3 is 0 Å². The van der Waals surface area contributed by atoms with Gasteiger partial charge < -0.3 is 9.64 Å². The van der Waals surface area contributed by atoms with Gasteiger partial charge in [0.05, 0.1) is 0 Å². The number of hydrogen-bond donors (Lipinski definition) is 0. The lowest BCUT2D eigenvalue weighted by Crippen LogP contribution is -2.34. The molecule has 3 nitrogen and oxygen atoms in total. The van der Waals surface area contributed by atoms with Gasteiger partial charge in [-0.05, 0) is 105 Å². The lowest BCUT2D eigenvalue weighted by Gasteiger charge is -2.31. The second-order valence-corrected chi connectivity index (χ2v) is 12.9. The summed E-state index contributed by atoms with van der Waals surface area (Å²) in [4.78, 5) is 6.50. The molecule has 2 heterocycles. The number of ether oxygens (including phenoxy) is 1. The van der Waals surface area contributed by atoms with Crippen molar-refractivity contribution >= 4 is 21.4 Å². The van der Waals surface area contributed by atoms with E-state index in [1.54, 1.807) is 0 Å². The first-order valence-corrected chi connectivity index (χ1v) is 16.3. The van der Waals surface area contributed by atoms with E-state index < -0.39 is 0 Å². The molecule has 4 heteroatoms. The predicted molar refractivity (Wildman–Crippen MR) is 171 cm³/mol. The van der Waals surface area contributed by atoms with Crippen molar-refractivity contribution in [2.75, 3.05) is 39.8 Å². The van der Waals surface area contributed by atoms with Crippen LogP contribution in [-0.4, -0.2) is 55.7 Å². The van der Waals surface area contributed by atoms with Gasteiger partial charge in [-0.25, -0.2) is 0 Å². The molecule has 2 aliphatic rings. The summed E-state index contributed by atoms with van der Waals surface area (Å²) in [5.74, 6) is 0.975. The lowest BCUT2D eigenvalue weighted by atomic mass is 9.94. The zero-order valence-corrected chi connectivity index (χ0v) is 24.9. The van der Waals surface area contributed by atoms with Crippen LogP contribution >= 0.6 is 11.3 Å². The van der Waals surface area contributed by atoms with Crippen LogP contribution in [0.25, 0.3) is 20.5 Å². The predicted octanol–water partition coefficient (Wildman–Crippen LogP) is 8.44. The van der Waals surface area contributed by atoms with Crippen LogP contribution in [0.15, 0.2) is 72.8 Å². The maximum absolute atomic E-state index is 6.06. The van der Waals surface area contributed by atoms with Crippen molar-refractivity contribution in [3.63, 3.8) is 0 Å². The average Bonchev–Trinajstić information content (AvgIpc) is 3.66. The Morgan fingerprint density at radius 1 is 0.825 bits per heavy atom. The van der Waals surface area contributed by atoms with E-state index in [1.165, 1.54) is 95.3 Å². The zero-order valence-electron chi connectivity index (χ0n) is 24.1. The van der Waals surface area contributed by atoms with E-state index in [0.29, 0.717) is 0 Å². The maximum Gasteiger partial charge on any atom is 0.119 e. The molecule has 6 rings (SSSR count). The first kappa shape index (κ1) is 27.5. The Balaban J connectivity index is 1.13. The fourth-order valence-electron chi connectivity index (χ4n) is 6.55. The fourth-order valence-corrected chi connectivity index (χ4v) is 7.77. The standard InChI is InChI=1S/C36H44N2OS/c1-37(31-9-3-2-4-10-31)24-21-28-13-17-30(18-14-28)36-34(33-11-5-6-12-35(33)40-36)27-29-15-19-32(20-16-29)39-26-25-38-22-7-8-23-38/h5-6,11-20,31H,2-4,7-10,21-27H2,1H3. The van der Waals surface area contributed by atoms with E-state index in [1.807, 2.05) is 11.3 Å². The number of nitrogens with zero attached hydrogens (tertiary/aromatic N) is 2. The summed E-state index contributed by atoms with van der Waals surface area (Å²) in [5, 5.41) is 1.38. The zero-order chi connectivity index (χ0) is 27.1. The van der Waals surface area contributed by atoms with Gasteiger partial charge in [-0.2, -0.15) is 0 Å². The Morgan fingerprint density at radius 2 is 1.55 bits per heavy atom. The number of benzene rings is 3. The number of likely N-dealkylation sites (tertiary alicyclic amines) is 1. The highest BCUT2D eigenvalue weighted by atomic mass is 32.1. The largest absolute Gasteiger partial charge is 0.492 e. The summed E-state index contributed by atoms with van der Waals surface area (Å²) in [5.41, 5.74) is 5.55. The number of rotatable bonds is 11. The molecule has 1 saturated heterocycles. The number of likely N-dealkylation sites (N-methyl/N-ethyl adjacent to an activating group) is 1. The first-order chi connectivity index (χ1) is 19.7. The number of fused-ring (bicyclic) bond motifs is 1. The normalized spacial score (nSPS) is 16.8. The molecule has 3 aromatic carbocycles. The summed E-state index contributed by atoms with van der Waals surface area (Å²) in [7, 11) is 2.32. The third-order valence-corrected chi connectivity index (χ3v) is 10.3. The quantitative estimate of drug-likeness (QED) is 0.186. The second-order valence-electron chi connectivity index (χ2n) is 11.8. The molecule has 2 fully saturated rings. The third kappa shape index (κ3) is 6.79. The van der Waals surface area contributed by atoms with Gasteiger partial charge in [-0.1, -0.05) is 73.9 Å². The summed E-state index contributed by atoms with van der Waals surface area (Å²) < 4.78 is 7.43. The van der Waals surface area contributed by atoms with E-state index in [4.69, 9.17) is 4.74 Å². The molecule has 0 atom stereocenters. The van der Waals surface area contributed by atoms with Crippen LogP contribution in [0, 0.1) is 0 Å². The Hall–Kier alpha value is -2.66. The molecule has 0 radical (unpaired) electrons. The molecule has 0 N–H and O–H groups in total. The molecule has 40 heavy (non-hydrogen) atoms. The van der Waals surface area contributed by atoms with Crippen molar-refractivity contribution in [3.05, 3.63) is 89.5 Å². The number of thiophene rings is 1. The second kappa shape index (κ2) is 13.3. The topological polar surface area (TPSA) is 15.7 Å². The lowest BCUT2D eigenvalue weighted by molar-refractivity contribution is 0.194. The molecule has 0 amide bonds. The molecule has 210 valence electrons. The van der Waals surface area contributed by atoms with E-state index in [0.717, 1.165) is 44.3 Å². The van der Waals surface area contributed by atoms with Crippen LogP contribution < -0.4 is 4.74 Å². The van der Waals surface area contributed by atoms with Crippen molar-refractivity contribution in [2.45, 2.75) is 63.8 Å². The Bertz CT molecular complexity index is 1350.